The van der Waals surface area contributed by atoms with E-state index in [1.54, 1.807) is 18.3 Å². The molecule has 0 amide bonds. The van der Waals surface area contributed by atoms with Gasteiger partial charge in [0.15, 0.2) is 0 Å². The Morgan fingerprint density at radius 2 is 2.53 bits per heavy atom. The summed E-state index contributed by atoms with van der Waals surface area (Å²) in [6, 6.07) is 3.33. The lowest BCUT2D eigenvalue weighted by Crippen LogP contribution is -2.27. The van der Waals surface area contributed by atoms with Crippen molar-refractivity contribution in [1.82, 2.24) is 4.98 Å². The summed E-state index contributed by atoms with van der Waals surface area (Å²) in [7, 11) is 0. The van der Waals surface area contributed by atoms with Gasteiger partial charge < -0.3 is 15.2 Å². The summed E-state index contributed by atoms with van der Waals surface area (Å²) in [6.45, 7) is 3.54. The monoisotopic (exact) mass is 236 g/mol. The third-order valence-corrected chi connectivity index (χ3v) is 3.07. The number of nitrogens with zero attached hydrogens (tertiary/aromatic N) is 1. The van der Waals surface area contributed by atoms with Crippen LogP contribution in [0.4, 0.5) is 5.82 Å². The van der Waals surface area contributed by atoms with Crippen molar-refractivity contribution in [1.29, 1.82) is 0 Å². The number of carboxylic acids is 1. The summed E-state index contributed by atoms with van der Waals surface area (Å²) in [5.41, 5.74) is 0.207. The van der Waals surface area contributed by atoms with E-state index in [-0.39, 0.29) is 11.6 Å². The van der Waals surface area contributed by atoms with Gasteiger partial charge in [0, 0.05) is 24.8 Å². The Kier molecular flexibility index (Phi) is 3.58. The third kappa shape index (κ3) is 2.74. The summed E-state index contributed by atoms with van der Waals surface area (Å²) in [5.74, 6) is -0.117. The molecule has 1 aromatic rings. The lowest BCUT2D eigenvalue weighted by atomic mass is 10.0. The van der Waals surface area contributed by atoms with Gasteiger partial charge in [-0.05, 0) is 25.5 Å². The van der Waals surface area contributed by atoms with Crippen LogP contribution >= 0.6 is 0 Å². The third-order valence-electron chi connectivity index (χ3n) is 3.07. The molecule has 2 heterocycles. The molecule has 2 unspecified atom stereocenters. The molecular weight excluding hydrogens is 220 g/mol. The van der Waals surface area contributed by atoms with Crippen molar-refractivity contribution in [3.8, 4) is 0 Å². The first-order chi connectivity index (χ1) is 8.18. The average molecular weight is 236 g/mol. The maximum Gasteiger partial charge on any atom is 0.339 e. The number of carboxylic acid groups (broad SMARTS) is 1. The van der Waals surface area contributed by atoms with Gasteiger partial charge in [-0.2, -0.15) is 0 Å². The number of hydrogen-bond acceptors (Lipinski definition) is 4. The zero-order valence-electron chi connectivity index (χ0n) is 9.72. The lowest BCUT2D eigenvalue weighted by Gasteiger charge is -2.20. The molecule has 0 saturated carbocycles. The highest BCUT2D eigenvalue weighted by molar-refractivity contribution is 5.93. The van der Waals surface area contributed by atoms with E-state index < -0.39 is 5.97 Å². The zero-order valence-corrected chi connectivity index (χ0v) is 9.72. The molecule has 0 bridgehead atoms. The van der Waals surface area contributed by atoms with Crippen molar-refractivity contribution in [2.75, 3.05) is 18.5 Å². The zero-order chi connectivity index (χ0) is 12.3. The number of ether oxygens (including phenoxy) is 1. The van der Waals surface area contributed by atoms with E-state index in [1.165, 1.54) is 0 Å². The highest BCUT2D eigenvalue weighted by atomic mass is 16.5. The summed E-state index contributed by atoms with van der Waals surface area (Å²) in [6.07, 6.45) is 2.59. The van der Waals surface area contributed by atoms with Gasteiger partial charge in [-0.1, -0.05) is 0 Å². The van der Waals surface area contributed by atoms with Crippen LogP contribution in [0.5, 0.6) is 0 Å². The number of aromatic carboxylic acids is 1. The van der Waals surface area contributed by atoms with Gasteiger partial charge in [0.2, 0.25) is 0 Å². The number of hydrogen-bond donors (Lipinski definition) is 2. The van der Waals surface area contributed by atoms with E-state index in [0.29, 0.717) is 11.7 Å². The summed E-state index contributed by atoms with van der Waals surface area (Å²) in [4.78, 5) is 15.1. The van der Waals surface area contributed by atoms with Crippen LogP contribution in [0.2, 0.25) is 0 Å². The van der Waals surface area contributed by atoms with Crippen LogP contribution in [0.1, 0.15) is 23.7 Å². The van der Waals surface area contributed by atoms with E-state index in [2.05, 4.69) is 10.3 Å². The second-order valence-corrected chi connectivity index (χ2v) is 4.26. The predicted octanol–water partition coefficient (Wildman–Crippen LogP) is 1.62. The van der Waals surface area contributed by atoms with Crippen LogP contribution in [-0.4, -0.2) is 35.3 Å². The van der Waals surface area contributed by atoms with E-state index in [0.717, 1.165) is 19.6 Å². The molecule has 1 aliphatic rings. The molecule has 2 atom stereocenters. The minimum absolute atomic E-state index is 0.158. The van der Waals surface area contributed by atoms with Gasteiger partial charge in [-0.3, -0.25) is 0 Å². The Morgan fingerprint density at radius 1 is 1.71 bits per heavy atom. The van der Waals surface area contributed by atoms with Gasteiger partial charge in [0.05, 0.1) is 6.61 Å². The fourth-order valence-electron chi connectivity index (χ4n) is 1.97. The Balaban J connectivity index is 2.09. The Morgan fingerprint density at radius 3 is 3.18 bits per heavy atom. The Hall–Kier alpha value is -1.62. The van der Waals surface area contributed by atoms with E-state index in [1.807, 2.05) is 6.92 Å². The van der Waals surface area contributed by atoms with Crippen LogP contribution in [0, 0.1) is 5.92 Å². The van der Waals surface area contributed by atoms with Gasteiger partial charge >= 0.3 is 5.97 Å². The number of aromatic nitrogens is 1. The average Bonchev–Trinajstić information content (AvgIpc) is 2.83. The number of nitrogens with one attached hydrogen (secondary N) is 1. The van der Waals surface area contributed by atoms with Crippen molar-refractivity contribution in [2.45, 2.75) is 19.4 Å². The van der Waals surface area contributed by atoms with Gasteiger partial charge in [0.25, 0.3) is 0 Å². The lowest BCUT2D eigenvalue weighted by molar-refractivity contribution is 0.0697. The quantitative estimate of drug-likeness (QED) is 0.831. The Labute approximate surface area is 99.8 Å². The number of anilines is 1. The van der Waals surface area contributed by atoms with Crippen LogP contribution in [0.3, 0.4) is 0 Å². The van der Waals surface area contributed by atoms with Crippen molar-refractivity contribution in [3.63, 3.8) is 0 Å². The summed E-state index contributed by atoms with van der Waals surface area (Å²) < 4.78 is 5.32. The molecule has 0 radical (unpaired) electrons. The van der Waals surface area contributed by atoms with Crippen molar-refractivity contribution < 1.29 is 14.6 Å². The Bertz CT molecular complexity index is 402. The molecule has 0 aliphatic carbocycles. The van der Waals surface area contributed by atoms with Crippen LogP contribution < -0.4 is 5.32 Å². The molecule has 0 spiro atoms. The maximum absolute atomic E-state index is 11.0. The van der Waals surface area contributed by atoms with Gasteiger partial charge in [-0.25, -0.2) is 9.78 Å². The molecule has 5 nitrogen and oxygen atoms in total. The van der Waals surface area contributed by atoms with E-state index >= 15 is 0 Å². The fourth-order valence-corrected chi connectivity index (χ4v) is 1.97. The molecule has 1 aromatic heterocycles. The molecule has 2 N–H and O–H groups in total. The largest absolute Gasteiger partial charge is 0.478 e. The number of rotatable bonds is 4. The molecule has 2 rings (SSSR count). The highest BCUT2D eigenvalue weighted by Gasteiger charge is 2.23. The van der Waals surface area contributed by atoms with Crippen LogP contribution in [-0.2, 0) is 4.74 Å². The molecule has 0 aromatic carbocycles. The second-order valence-electron chi connectivity index (χ2n) is 4.26. The molecule has 1 saturated heterocycles. The van der Waals surface area contributed by atoms with Crippen molar-refractivity contribution in [2.24, 2.45) is 5.92 Å². The number of carbonyl (C=O) groups is 1. The summed E-state index contributed by atoms with van der Waals surface area (Å²) in [5, 5.41) is 12.2. The topological polar surface area (TPSA) is 71.5 Å². The van der Waals surface area contributed by atoms with E-state index in [4.69, 9.17) is 9.84 Å². The number of pyridine rings is 1. The normalized spacial score (nSPS) is 21.1. The minimum Gasteiger partial charge on any atom is -0.478 e. The first kappa shape index (κ1) is 11.9. The van der Waals surface area contributed by atoms with Gasteiger partial charge in [-0.15, -0.1) is 0 Å². The smallest absolute Gasteiger partial charge is 0.339 e. The highest BCUT2D eigenvalue weighted by Crippen LogP contribution is 2.21. The molecule has 17 heavy (non-hydrogen) atoms. The molecular formula is C12H16N2O3. The molecule has 1 aliphatic heterocycles. The molecule has 1 fully saturated rings. The van der Waals surface area contributed by atoms with Gasteiger partial charge in [0.1, 0.15) is 11.4 Å². The SMILES string of the molecule is CC(Nc1ncccc1C(=O)O)C1CCOC1. The predicted molar refractivity (Wildman–Crippen MR) is 63.2 cm³/mol. The first-order valence-electron chi connectivity index (χ1n) is 5.71. The maximum atomic E-state index is 11.0. The van der Waals surface area contributed by atoms with Crippen LogP contribution in [0.15, 0.2) is 18.3 Å². The minimum atomic E-state index is -0.963. The molecule has 5 heteroatoms. The fraction of sp³-hybridized carbons (Fsp3) is 0.500. The van der Waals surface area contributed by atoms with E-state index in [9.17, 15) is 4.79 Å². The van der Waals surface area contributed by atoms with Crippen molar-refractivity contribution >= 4 is 11.8 Å². The standard InChI is InChI=1S/C12H16N2O3/c1-8(9-4-6-17-7-9)14-11-10(12(15)16)3-2-5-13-11/h2-3,5,8-9H,4,6-7H2,1H3,(H,13,14)(H,15,16). The van der Waals surface area contributed by atoms with Crippen LogP contribution in [0.25, 0.3) is 0 Å². The molecule has 92 valence electrons. The first-order valence-corrected chi connectivity index (χ1v) is 5.71. The second kappa shape index (κ2) is 5.14. The van der Waals surface area contributed by atoms with Crippen molar-refractivity contribution in [3.05, 3.63) is 23.9 Å². The summed E-state index contributed by atoms with van der Waals surface area (Å²) >= 11 is 0.